The maximum absolute atomic E-state index is 14.1. The largest absolute Gasteiger partial charge is 0.436 e. The molecule has 0 bridgehead atoms. The van der Waals surface area contributed by atoms with Crippen LogP contribution in [0.3, 0.4) is 0 Å². The molecule has 0 atom stereocenters. The molecule has 0 saturated carbocycles. The topological polar surface area (TPSA) is 101 Å². The lowest BCUT2D eigenvalue weighted by molar-refractivity contribution is 0.102. The highest BCUT2D eigenvalue weighted by Gasteiger charge is 2.23. The van der Waals surface area contributed by atoms with Gasteiger partial charge in [-0.25, -0.2) is 22.5 Å². The van der Waals surface area contributed by atoms with Crippen LogP contribution < -0.4 is 10.0 Å². The molecule has 35 heavy (non-hydrogen) atoms. The second-order valence-corrected chi connectivity index (χ2v) is 10.6. The van der Waals surface area contributed by atoms with E-state index in [1.165, 1.54) is 24.4 Å². The number of amides is 1. The minimum atomic E-state index is -3.78. The fourth-order valence-electron chi connectivity index (χ4n) is 3.45. The summed E-state index contributed by atoms with van der Waals surface area (Å²) < 4.78 is 47.8. The van der Waals surface area contributed by atoms with Crippen molar-refractivity contribution in [2.24, 2.45) is 0 Å². The fraction of sp³-hybridized carbons (Fsp3) is 0.154. The average molecular weight is 494 g/mol. The molecule has 0 aliphatic rings. The van der Waals surface area contributed by atoms with Crippen molar-refractivity contribution in [3.63, 3.8) is 0 Å². The van der Waals surface area contributed by atoms with Gasteiger partial charge in [-0.15, -0.1) is 0 Å². The number of benzene rings is 3. The molecule has 0 spiro atoms. The van der Waals surface area contributed by atoms with Gasteiger partial charge in [-0.05, 0) is 63.2 Å². The molecule has 1 aromatic heterocycles. The Hall–Kier alpha value is -3.82. The van der Waals surface area contributed by atoms with Gasteiger partial charge in [0.05, 0.1) is 22.2 Å². The molecule has 9 heteroatoms. The molecule has 3 aromatic carbocycles. The average Bonchev–Trinajstić information content (AvgIpc) is 3.28. The molecule has 1 heterocycles. The lowest BCUT2D eigenvalue weighted by Gasteiger charge is -2.20. The van der Waals surface area contributed by atoms with E-state index in [0.717, 1.165) is 0 Å². The Morgan fingerprint density at radius 3 is 2.34 bits per heavy atom. The third kappa shape index (κ3) is 5.64. The normalized spacial score (nSPS) is 11.9. The molecule has 180 valence electrons. The van der Waals surface area contributed by atoms with E-state index in [1.54, 1.807) is 75.4 Å². The Morgan fingerprint density at radius 1 is 0.943 bits per heavy atom. The number of halogens is 1. The minimum absolute atomic E-state index is 0.0285. The molecule has 1 amide bonds. The minimum Gasteiger partial charge on any atom is -0.436 e. The molecule has 0 aliphatic heterocycles. The summed E-state index contributed by atoms with van der Waals surface area (Å²) in [6, 6.07) is 18.8. The molecule has 2 N–H and O–H groups in total. The van der Waals surface area contributed by atoms with Gasteiger partial charge in [-0.1, -0.05) is 30.3 Å². The van der Waals surface area contributed by atoms with Crippen molar-refractivity contribution >= 4 is 21.6 Å². The number of rotatable bonds is 6. The number of nitrogens with zero attached hydrogens (tertiary/aromatic N) is 1. The van der Waals surface area contributed by atoms with E-state index >= 15 is 0 Å². The van der Waals surface area contributed by atoms with Crippen LogP contribution in [0, 0.1) is 5.82 Å². The van der Waals surface area contributed by atoms with E-state index in [-0.39, 0.29) is 27.7 Å². The standard InChI is InChI=1S/C26H24FN3O4S/c1-26(2,3)30-35(32,33)18-10-8-9-17(15-18)29-24(31)19-11-4-5-12-20(19)25-28-16-23(34-25)21-13-6-7-14-22(21)27/h4-16,30H,1-3H3,(H,29,31). The van der Waals surface area contributed by atoms with Crippen LogP contribution in [-0.2, 0) is 10.0 Å². The van der Waals surface area contributed by atoms with Crippen molar-refractivity contribution in [1.29, 1.82) is 0 Å². The lowest BCUT2D eigenvalue weighted by atomic mass is 10.1. The molecule has 0 fully saturated rings. The Morgan fingerprint density at radius 2 is 1.63 bits per heavy atom. The molecule has 4 rings (SSSR count). The predicted molar refractivity (Wildman–Crippen MR) is 132 cm³/mol. The number of nitrogens with one attached hydrogen (secondary N) is 2. The first kappa shape index (κ1) is 24.3. The van der Waals surface area contributed by atoms with Crippen LogP contribution in [0.2, 0.25) is 0 Å². The van der Waals surface area contributed by atoms with Crippen molar-refractivity contribution in [3.8, 4) is 22.8 Å². The van der Waals surface area contributed by atoms with E-state index < -0.39 is 27.3 Å². The zero-order chi connectivity index (χ0) is 25.2. The van der Waals surface area contributed by atoms with Crippen molar-refractivity contribution in [1.82, 2.24) is 9.71 Å². The van der Waals surface area contributed by atoms with Gasteiger partial charge in [0.25, 0.3) is 5.91 Å². The number of anilines is 1. The highest BCUT2D eigenvalue weighted by atomic mass is 32.2. The Balaban J connectivity index is 1.61. The van der Waals surface area contributed by atoms with Crippen LogP contribution in [0.5, 0.6) is 0 Å². The Kier molecular flexibility index (Phi) is 6.56. The Bertz CT molecular complexity index is 1490. The van der Waals surface area contributed by atoms with Gasteiger partial charge in [-0.3, -0.25) is 4.79 Å². The van der Waals surface area contributed by atoms with E-state index in [2.05, 4.69) is 15.0 Å². The van der Waals surface area contributed by atoms with E-state index in [4.69, 9.17) is 4.42 Å². The van der Waals surface area contributed by atoms with E-state index in [9.17, 15) is 17.6 Å². The van der Waals surface area contributed by atoms with Crippen LogP contribution in [-0.4, -0.2) is 24.8 Å². The quantitative estimate of drug-likeness (QED) is 0.371. The first-order valence-corrected chi connectivity index (χ1v) is 12.3. The summed E-state index contributed by atoms with van der Waals surface area (Å²) in [5.41, 5.74) is 0.576. The van der Waals surface area contributed by atoms with Gasteiger partial charge in [-0.2, -0.15) is 0 Å². The molecule has 0 unspecified atom stereocenters. The third-order valence-electron chi connectivity index (χ3n) is 4.89. The number of hydrogen-bond donors (Lipinski definition) is 2. The van der Waals surface area contributed by atoms with Crippen molar-refractivity contribution in [2.75, 3.05) is 5.32 Å². The summed E-state index contributed by atoms with van der Waals surface area (Å²) in [5.74, 6) is -0.543. The molecular weight excluding hydrogens is 469 g/mol. The van der Waals surface area contributed by atoms with Gasteiger partial charge in [0.1, 0.15) is 5.82 Å². The number of carbonyl (C=O) groups is 1. The molecule has 7 nitrogen and oxygen atoms in total. The van der Waals surface area contributed by atoms with Crippen LogP contribution in [0.1, 0.15) is 31.1 Å². The van der Waals surface area contributed by atoms with Gasteiger partial charge >= 0.3 is 0 Å². The SMILES string of the molecule is CC(C)(C)NS(=O)(=O)c1cccc(NC(=O)c2ccccc2-c2ncc(-c3ccccc3F)o2)c1. The van der Waals surface area contributed by atoms with Gasteiger partial charge < -0.3 is 9.73 Å². The zero-order valence-corrected chi connectivity index (χ0v) is 20.2. The number of sulfonamides is 1. The maximum atomic E-state index is 14.1. The molecule has 0 radical (unpaired) electrons. The van der Waals surface area contributed by atoms with Crippen molar-refractivity contribution in [3.05, 3.63) is 90.4 Å². The monoisotopic (exact) mass is 493 g/mol. The summed E-state index contributed by atoms with van der Waals surface area (Å²) in [4.78, 5) is 17.4. The maximum Gasteiger partial charge on any atom is 0.256 e. The summed E-state index contributed by atoms with van der Waals surface area (Å²) in [6.07, 6.45) is 1.40. The predicted octanol–water partition coefficient (Wildman–Crippen LogP) is 5.48. The first-order valence-electron chi connectivity index (χ1n) is 10.8. The second-order valence-electron chi connectivity index (χ2n) is 8.89. The summed E-state index contributed by atoms with van der Waals surface area (Å²) in [5, 5.41) is 2.73. The van der Waals surface area contributed by atoms with Gasteiger partial charge in [0, 0.05) is 16.8 Å². The summed E-state index contributed by atoms with van der Waals surface area (Å²) >= 11 is 0. The lowest BCUT2D eigenvalue weighted by Crippen LogP contribution is -2.40. The van der Waals surface area contributed by atoms with Crippen molar-refractivity contribution < 1.29 is 22.0 Å². The zero-order valence-electron chi connectivity index (χ0n) is 19.4. The van der Waals surface area contributed by atoms with Crippen LogP contribution in [0.25, 0.3) is 22.8 Å². The molecule has 0 saturated heterocycles. The molecule has 4 aromatic rings. The Labute approximate surface area is 203 Å². The third-order valence-corrected chi connectivity index (χ3v) is 6.65. The summed E-state index contributed by atoms with van der Waals surface area (Å²) in [6.45, 7) is 5.23. The van der Waals surface area contributed by atoms with Crippen LogP contribution in [0.4, 0.5) is 10.1 Å². The first-order chi connectivity index (χ1) is 16.5. The fourth-order valence-corrected chi connectivity index (χ4v) is 4.92. The molecule has 0 aliphatic carbocycles. The van der Waals surface area contributed by atoms with Crippen molar-refractivity contribution in [2.45, 2.75) is 31.2 Å². The van der Waals surface area contributed by atoms with Gasteiger partial charge in [0.2, 0.25) is 15.9 Å². The number of hydrogen-bond acceptors (Lipinski definition) is 5. The van der Waals surface area contributed by atoms with Crippen LogP contribution >= 0.6 is 0 Å². The van der Waals surface area contributed by atoms with Crippen LogP contribution in [0.15, 0.2) is 88.3 Å². The number of aromatic nitrogens is 1. The second kappa shape index (κ2) is 9.44. The van der Waals surface area contributed by atoms with E-state index in [0.29, 0.717) is 11.3 Å². The van der Waals surface area contributed by atoms with E-state index in [1.807, 2.05) is 0 Å². The highest BCUT2D eigenvalue weighted by Crippen LogP contribution is 2.30. The highest BCUT2D eigenvalue weighted by molar-refractivity contribution is 7.89. The smallest absolute Gasteiger partial charge is 0.256 e. The number of oxazole rings is 1. The molecular formula is C26H24FN3O4S. The number of carbonyl (C=O) groups excluding carboxylic acids is 1. The summed E-state index contributed by atoms with van der Waals surface area (Å²) in [7, 11) is -3.78. The van der Waals surface area contributed by atoms with Gasteiger partial charge in [0.15, 0.2) is 5.76 Å².